The lowest BCUT2D eigenvalue weighted by Gasteiger charge is -2.08. The van der Waals surface area contributed by atoms with E-state index in [1.807, 2.05) is 29.6 Å². The Balaban J connectivity index is 1.75. The highest BCUT2D eigenvalue weighted by Crippen LogP contribution is 2.23. The molecule has 0 atom stereocenters. The van der Waals surface area contributed by atoms with Crippen molar-refractivity contribution >= 4 is 37.6 Å². The van der Waals surface area contributed by atoms with E-state index in [9.17, 15) is 8.42 Å². The maximum Gasteiger partial charge on any atom is 0.153 e. The van der Waals surface area contributed by atoms with Crippen LogP contribution in [0.5, 0.6) is 0 Å². The molecular formula is C16H16N2O2S2. The summed E-state index contributed by atoms with van der Waals surface area (Å²) in [6, 6.07) is 14.3. The van der Waals surface area contributed by atoms with Gasteiger partial charge < -0.3 is 5.32 Å². The molecule has 1 aromatic heterocycles. The van der Waals surface area contributed by atoms with E-state index in [1.165, 1.54) is 23.0 Å². The molecule has 0 aliphatic rings. The van der Waals surface area contributed by atoms with Crippen molar-refractivity contribution in [3.63, 3.8) is 0 Å². The van der Waals surface area contributed by atoms with Crippen molar-refractivity contribution < 1.29 is 8.42 Å². The van der Waals surface area contributed by atoms with Crippen molar-refractivity contribution in [2.45, 2.75) is 12.3 Å². The number of benzene rings is 2. The third-order valence-electron chi connectivity index (χ3n) is 3.23. The Hall–Kier alpha value is -1.92. The molecule has 1 N–H and O–H groups in total. The smallest absolute Gasteiger partial charge is 0.153 e. The quantitative estimate of drug-likeness (QED) is 0.777. The lowest BCUT2D eigenvalue weighted by molar-refractivity contribution is 0.601. The van der Waals surface area contributed by atoms with Crippen molar-refractivity contribution in [2.75, 3.05) is 11.6 Å². The molecule has 0 aliphatic carbocycles. The number of rotatable bonds is 5. The average Bonchev–Trinajstić information content (AvgIpc) is 2.90. The van der Waals surface area contributed by atoms with Crippen LogP contribution < -0.4 is 5.32 Å². The highest BCUT2D eigenvalue weighted by molar-refractivity contribution is 7.90. The number of fused-ring (bicyclic) bond motifs is 1. The van der Waals surface area contributed by atoms with Gasteiger partial charge in [-0.05, 0) is 11.5 Å². The van der Waals surface area contributed by atoms with Gasteiger partial charge in [0, 0.05) is 22.7 Å². The molecule has 22 heavy (non-hydrogen) atoms. The number of hydrogen-bond donors (Lipinski definition) is 1. The first-order chi connectivity index (χ1) is 10.5. The average molecular weight is 332 g/mol. The van der Waals surface area contributed by atoms with Gasteiger partial charge in [-0.25, -0.2) is 13.4 Å². The first kappa shape index (κ1) is 15.0. The van der Waals surface area contributed by atoms with E-state index in [4.69, 9.17) is 0 Å². The summed E-state index contributed by atoms with van der Waals surface area (Å²) >= 11 is 1.38. The van der Waals surface area contributed by atoms with Crippen molar-refractivity contribution in [2.24, 2.45) is 0 Å². The normalized spacial score (nSPS) is 11.7. The number of nitrogens with zero attached hydrogens (tertiary/aromatic N) is 1. The van der Waals surface area contributed by atoms with Gasteiger partial charge in [0.05, 0.1) is 12.2 Å². The zero-order valence-corrected chi connectivity index (χ0v) is 13.7. The second kappa shape index (κ2) is 6.06. The third kappa shape index (κ3) is 3.64. The Bertz CT molecular complexity index is 896. The number of anilines is 1. The van der Waals surface area contributed by atoms with E-state index in [1.54, 1.807) is 0 Å². The van der Waals surface area contributed by atoms with Crippen LogP contribution in [0.15, 0.2) is 47.8 Å². The number of sulfone groups is 1. The first-order valence-electron chi connectivity index (χ1n) is 6.84. The standard InChI is InChI=1S/C16H16N2O2S2/c1-22(19,20)11-16-18-13(10-21-16)9-17-15-8-4-6-12-5-2-3-7-14(12)15/h2-8,10,17H,9,11H2,1H3. The predicted molar refractivity (Wildman–Crippen MR) is 91.9 cm³/mol. The van der Waals surface area contributed by atoms with Crippen molar-refractivity contribution in [1.29, 1.82) is 0 Å². The molecule has 0 unspecified atom stereocenters. The minimum absolute atomic E-state index is 0.00589. The Labute approximate surface area is 133 Å². The molecule has 3 aromatic rings. The van der Waals surface area contributed by atoms with Crippen LogP contribution >= 0.6 is 11.3 Å². The summed E-state index contributed by atoms with van der Waals surface area (Å²) in [4.78, 5) is 4.37. The summed E-state index contributed by atoms with van der Waals surface area (Å²) in [6.45, 7) is 0.578. The van der Waals surface area contributed by atoms with E-state index < -0.39 is 9.84 Å². The maximum absolute atomic E-state index is 11.3. The fourth-order valence-electron chi connectivity index (χ4n) is 2.29. The number of aromatic nitrogens is 1. The Morgan fingerprint density at radius 3 is 2.73 bits per heavy atom. The molecule has 114 valence electrons. The van der Waals surface area contributed by atoms with Crippen molar-refractivity contribution in [3.8, 4) is 0 Å². The van der Waals surface area contributed by atoms with Gasteiger partial charge in [0.25, 0.3) is 0 Å². The highest BCUT2D eigenvalue weighted by atomic mass is 32.2. The molecule has 0 spiro atoms. The van der Waals surface area contributed by atoms with Crippen LogP contribution in [-0.4, -0.2) is 19.7 Å². The van der Waals surface area contributed by atoms with Crippen LogP contribution in [0, 0.1) is 0 Å². The Morgan fingerprint density at radius 2 is 1.91 bits per heavy atom. The summed E-state index contributed by atoms with van der Waals surface area (Å²) in [7, 11) is -3.03. The summed E-state index contributed by atoms with van der Waals surface area (Å²) in [5, 5.41) is 8.26. The zero-order chi connectivity index (χ0) is 15.6. The van der Waals surface area contributed by atoms with Crippen molar-refractivity contribution in [1.82, 2.24) is 4.98 Å². The van der Waals surface area contributed by atoms with Crippen molar-refractivity contribution in [3.05, 3.63) is 58.5 Å². The minimum atomic E-state index is -3.03. The van der Waals surface area contributed by atoms with Crippen LogP contribution in [-0.2, 0) is 22.1 Å². The molecule has 0 aliphatic heterocycles. The number of thiazole rings is 1. The van der Waals surface area contributed by atoms with E-state index in [-0.39, 0.29) is 5.75 Å². The molecule has 0 bridgehead atoms. The van der Waals surface area contributed by atoms with Crippen LogP contribution in [0.1, 0.15) is 10.7 Å². The molecule has 2 aromatic carbocycles. The molecule has 6 heteroatoms. The molecule has 3 rings (SSSR count). The van der Waals surface area contributed by atoms with E-state index in [0.29, 0.717) is 11.6 Å². The van der Waals surface area contributed by atoms with E-state index >= 15 is 0 Å². The summed E-state index contributed by atoms with van der Waals surface area (Å²) < 4.78 is 22.6. The molecule has 1 heterocycles. The van der Waals surface area contributed by atoms with Gasteiger partial charge in [-0.15, -0.1) is 11.3 Å². The van der Waals surface area contributed by atoms with Gasteiger partial charge in [0.2, 0.25) is 0 Å². The van der Waals surface area contributed by atoms with Crippen LogP contribution in [0.2, 0.25) is 0 Å². The van der Waals surface area contributed by atoms with E-state index in [0.717, 1.165) is 16.8 Å². The lowest BCUT2D eigenvalue weighted by Crippen LogP contribution is -2.03. The minimum Gasteiger partial charge on any atom is -0.379 e. The van der Waals surface area contributed by atoms with Gasteiger partial charge in [0.15, 0.2) is 9.84 Å². The summed E-state index contributed by atoms with van der Waals surface area (Å²) in [5.41, 5.74) is 1.91. The summed E-state index contributed by atoms with van der Waals surface area (Å²) in [6.07, 6.45) is 1.22. The van der Waals surface area contributed by atoms with Crippen LogP contribution in [0.3, 0.4) is 0 Å². The molecule has 0 radical (unpaired) electrons. The largest absolute Gasteiger partial charge is 0.379 e. The molecule has 0 fully saturated rings. The van der Waals surface area contributed by atoms with E-state index in [2.05, 4.69) is 28.5 Å². The molecular weight excluding hydrogens is 316 g/mol. The first-order valence-corrected chi connectivity index (χ1v) is 9.78. The number of hydrogen-bond acceptors (Lipinski definition) is 5. The predicted octanol–water partition coefficient (Wildman–Crippen LogP) is 3.45. The van der Waals surface area contributed by atoms with Gasteiger partial charge in [-0.1, -0.05) is 36.4 Å². The Kier molecular flexibility index (Phi) is 4.13. The van der Waals surface area contributed by atoms with Gasteiger partial charge >= 0.3 is 0 Å². The maximum atomic E-state index is 11.3. The monoisotopic (exact) mass is 332 g/mol. The SMILES string of the molecule is CS(=O)(=O)Cc1nc(CNc2cccc3ccccc23)cs1. The third-order valence-corrected chi connectivity index (χ3v) is 5.11. The molecule has 0 saturated carbocycles. The lowest BCUT2D eigenvalue weighted by atomic mass is 10.1. The summed E-state index contributed by atoms with van der Waals surface area (Å²) in [5.74, 6) is 0.00589. The van der Waals surface area contributed by atoms with Crippen LogP contribution in [0.25, 0.3) is 10.8 Å². The molecule has 0 amide bonds. The fraction of sp³-hybridized carbons (Fsp3) is 0.188. The van der Waals surface area contributed by atoms with Gasteiger partial charge in [-0.3, -0.25) is 0 Å². The second-order valence-electron chi connectivity index (χ2n) is 5.18. The number of nitrogens with one attached hydrogen (secondary N) is 1. The zero-order valence-electron chi connectivity index (χ0n) is 12.1. The van der Waals surface area contributed by atoms with Gasteiger partial charge in [-0.2, -0.15) is 0 Å². The second-order valence-corrected chi connectivity index (χ2v) is 8.27. The van der Waals surface area contributed by atoms with Crippen LogP contribution in [0.4, 0.5) is 5.69 Å². The Morgan fingerprint density at radius 1 is 1.14 bits per heavy atom. The highest BCUT2D eigenvalue weighted by Gasteiger charge is 2.09. The molecule has 0 saturated heterocycles. The topological polar surface area (TPSA) is 59.1 Å². The fourth-order valence-corrected chi connectivity index (χ4v) is 4.29. The van der Waals surface area contributed by atoms with Gasteiger partial charge in [0.1, 0.15) is 10.8 Å². The molecule has 4 nitrogen and oxygen atoms in total.